The van der Waals surface area contributed by atoms with Crippen LogP contribution in [-0.4, -0.2) is 12.0 Å². The van der Waals surface area contributed by atoms with Gasteiger partial charge >= 0.3 is 0 Å². The lowest BCUT2D eigenvalue weighted by molar-refractivity contribution is 0.587. The second kappa shape index (κ2) is 5.93. The van der Waals surface area contributed by atoms with Gasteiger partial charge in [0.15, 0.2) is 0 Å². The van der Waals surface area contributed by atoms with Crippen LogP contribution in [0, 0.1) is 10.5 Å². The van der Waals surface area contributed by atoms with E-state index >= 15 is 0 Å². The van der Waals surface area contributed by atoms with E-state index in [2.05, 4.69) is 62.5 Å². The van der Waals surface area contributed by atoms with Crippen LogP contribution in [0.15, 0.2) is 29.6 Å². The third-order valence-electron chi connectivity index (χ3n) is 2.67. The van der Waals surface area contributed by atoms with Crippen LogP contribution in [0.3, 0.4) is 0 Å². The summed E-state index contributed by atoms with van der Waals surface area (Å²) < 4.78 is 1.30. The molecule has 0 saturated carbocycles. The average molecular weight is 358 g/mol. The molecule has 2 nitrogen and oxygen atoms in total. The van der Waals surface area contributed by atoms with Gasteiger partial charge in [0, 0.05) is 27.1 Å². The Balaban J connectivity index is 2.20. The molecule has 0 aliphatic heterocycles. The van der Waals surface area contributed by atoms with Gasteiger partial charge in [0.05, 0.1) is 5.01 Å². The maximum absolute atomic E-state index is 4.53. The SMILES string of the molecule is CNC(Cc1nc(C)cs1)c1ccccc1I. The van der Waals surface area contributed by atoms with Crippen LogP contribution in [0.2, 0.25) is 0 Å². The lowest BCUT2D eigenvalue weighted by Crippen LogP contribution is -2.19. The van der Waals surface area contributed by atoms with Crippen LogP contribution in [0.5, 0.6) is 0 Å². The fraction of sp³-hybridized carbons (Fsp3) is 0.308. The molecule has 0 bridgehead atoms. The number of thiazole rings is 1. The lowest BCUT2D eigenvalue weighted by atomic mass is 10.0. The van der Waals surface area contributed by atoms with Gasteiger partial charge in [-0.3, -0.25) is 0 Å². The maximum Gasteiger partial charge on any atom is 0.0947 e. The largest absolute Gasteiger partial charge is 0.313 e. The second-order valence-electron chi connectivity index (χ2n) is 3.95. The van der Waals surface area contributed by atoms with E-state index in [1.807, 2.05) is 14.0 Å². The molecule has 0 saturated heterocycles. The highest BCUT2D eigenvalue weighted by atomic mass is 127. The van der Waals surface area contributed by atoms with Gasteiger partial charge in [-0.25, -0.2) is 4.98 Å². The van der Waals surface area contributed by atoms with Gasteiger partial charge in [-0.05, 0) is 48.2 Å². The van der Waals surface area contributed by atoms with Crippen molar-refractivity contribution >= 4 is 33.9 Å². The van der Waals surface area contributed by atoms with Crippen molar-refractivity contribution in [1.29, 1.82) is 0 Å². The normalized spacial score (nSPS) is 12.6. The summed E-state index contributed by atoms with van der Waals surface area (Å²) in [6, 6.07) is 8.84. The molecule has 0 radical (unpaired) electrons. The molecule has 17 heavy (non-hydrogen) atoms. The molecule has 2 rings (SSSR count). The average Bonchev–Trinajstić information content (AvgIpc) is 2.73. The van der Waals surface area contributed by atoms with E-state index in [0.717, 1.165) is 12.1 Å². The van der Waals surface area contributed by atoms with Crippen LogP contribution in [0.1, 0.15) is 22.3 Å². The standard InChI is InChI=1S/C13H15IN2S/c1-9-8-17-13(16-9)7-12(15-2)10-5-3-4-6-11(10)14/h3-6,8,12,15H,7H2,1-2H3. The fourth-order valence-corrected chi connectivity index (χ4v) is 3.38. The fourth-order valence-electron chi connectivity index (χ4n) is 1.80. The lowest BCUT2D eigenvalue weighted by Gasteiger charge is -2.16. The number of benzene rings is 1. The molecule has 1 heterocycles. The molecule has 0 amide bonds. The molecule has 4 heteroatoms. The minimum absolute atomic E-state index is 0.341. The van der Waals surface area contributed by atoms with Crippen molar-refractivity contribution in [2.24, 2.45) is 0 Å². The highest BCUT2D eigenvalue weighted by Gasteiger charge is 2.14. The Labute approximate surface area is 120 Å². The maximum atomic E-state index is 4.53. The summed E-state index contributed by atoms with van der Waals surface area (Å²) in [7, 11) is 2.01. The number of hydrogen-bond acceptors (Lipinski definition) is 3. The molecule has 0 aliphatic rings. The van der Waals surface area contributed by atoms with Crippen LogP contribution < -0.4 is 5.32 Å². The number of nitrogens with one attached hydrogen (secondary N) is 1. The summed E-state index contributed by atoms with van der Waals surface area (Å²) in [5.41, 5.74) is 2.46. The van der Waals surface area contributed by atoms with Gasteiger partial charge in [0.1, 0.15) is 0 Å². The van der Waals surface area contributed by atoms with Crippen LogP contribution >= 0.6 is 33.9 Å². The summed E-state index contributed by atoms with van der Waals surface area (Å²) in [5, 5.41) is 6.68. The van der Waals surface area contributed by atoms with Gasteiger partial charge in [0.25, 0.3) is 0 Å². The van der Waals surface area contributed by atoms with Crippen molar-refractivity contribution in [3.63, 3.8) is 0 Å². The van der Waals surface area contributed by atoms with E-state index in [1.54, 1.807) is 11.3 Å². The van der Waals surface area contributed by atoms with E-state index < -0.39 is 0 Å². The van der Waals surface area contributed by atoms with Gasteiger partial charge in [-0.15, -0.1) is 11.3 Å². The molecular weight excluding hydrogens is 343 g/mol. The van der Waals surface area contributed by atoms with E-state index in [4.69, 9.17) is 0 Å². The molecule has 1 aromatic heterocycles. The molecule has 0 spiro atoms. The van der Waals surface area contributed by atoms with Crippen LogP contribution in [-0.2, 0) is 6.42 Å². The molecular formula is C13H15IN2S. The van der Waals surface area contributed by atoms with Crippen molar-refractivity contribution in [2.75, 3.05) is 7.05 Å². The predicted octanol–water partition coefficient (Wildman–Crippen LogP) is 3.56. The smallest absolute Gasteiger partial charge is 0.0947 e. The number of aromatic nitrogens is 1. The molecule has 90 valence electrons. The number of halogens is 1. The summed E-state index contributed by atoms with van der Waals surface area (Å²) in [6.07, 6.45) is 0.953. The number of hydrogen-bond donors (Lipinski definition) is 1. The van der Waals surface area contributed by atoms with Gasteiger partial charge in [-0.1, -0.05) is 18.2 Å². The van der Waals surface area contributed by atoms with Crippen LogP contribution in [0.25, 0.3) is 0 Å². The summed E-state index contributed by atoms with van der Waals surface area (Å²) in [6.45, 7) is 2.04. The highest BCUT2D eigenvalue weighted by Crippen LogP contribution is 2.24. The van der Waals surface area contributed by atoms with Gasteiger partial charge in [0.2, 0.25) is 0 Å². The zero-order valence-corrected chi connectivity index (χ0v) is 12.9. The number of rotatable bonds is 4. The Morgan fingerprint density at radius 1 is 1.41 bits per heavy atom. The van der Waals surface area contributed by atoms with Crippen molar-refractivity contribution < 1.29 is 0 Å². The molecule has 1 atom stereocenters. The van der Waals surface area contributed by atoms with Gasteiger partial charge < -0.3 is 5.32 Å². The zero-order valence-electron chi connectivity index (χ0n) is 9.90. The number of likely N-dealkylation sites (N-methyl/N-ethyl adjacent to an activating group) is 1. The van der Waals surface area contributed by atoms with Gasteiger partial charge in [-0.2, -0.15) is 0 Å². The van der Waals surface area contributed by atoms with Crippen LogP contribution in [0.4, 0.5) is 0 Å². The van der Waals surface area contributed by atoms with E-state index in [-0.39, 0.29) is 0 Å². The zero-order chi connectivity index (χ0) is 12.3. The first kappa shape index (κ1) is 13.0. The minimum atomic E-state index is 0.341. The Bertz CT molecular complexity index is 496. The topological polar surface area (TPSA) is 24.9 Å². The summed E-state index contributed by atoms with van der Waals surface area (Å²) in [4.78, 5) is 4.53. The minimum Gasteiger partial charge on any atom is -0.313 e. The van der Waals surface area contributed by atoms with Crippen molar-refractivity contribution in [3.05, 3.63) is 49.5 Å². The first-order valence-corrected chi connectivity index (χ1v) is 7.49. The Hall–Kier alpha value is -0.460. The third kappa shape index (κ3) is 3.26. The second-order valence-corrected chi connectivity index (χ2v) is 6.05. The van der Waals surface area contributed by atoms with E-state index in [9.17, 15) is 0 Å². The van der Waals surface area contributed by atoms with Crippen molar-refractivity contribution in [2.45, 2.75) is 19.4 Å². The van der Waals surface area contributed by atoms with E-state index in [0.29, 0.717) is 6.04 Å². The Morgan fingerprint density at radius 3 is 2.76 bits per heavy atom. The molecule has 1 aromatic carbocycles. The molecule has 1 unspecified atom stereocenters. The molecule has 2 aromatic rings. The quantitative estimate of drug-likeness (QED) is 0.846. The number of nitrogens with zero attached hydrogens (tertiary/aromatic N) is 1. The van der Waals surface area contributed by atoms with E-state index in [1.165, 1.54) is 14.1 Å². The molecule has 0 fully saturated rings. The Morgan fingerprint density at radius 2 is 2.18 bits per heavy atom. The third-order valence-corrected chi connectivity index (χ3v) is 4.65. The monoisotopic (exact) mass is 358 g/mol. The Kier molecular flexibility index (Phi) is 4.53. The molecule has 1 N–H and O–H groups in total. The summed E-state index contributed by atoms with van der Waals surface area (Å²) in [5.74, 6) is 0. The molecule has 0 aliphatic carbocycles. The summed E-state index contributed by atoms with van der Waals surface area (Å²) >= 11 is 4.13. The highest BCUT2D eigenvalue weighted by molar-refractivity contribution is 14.1. The predicted molar refractivity (Wildman–Crippen MR) is 81.5 cm³/mol. The van der Waals surface area contributed by atoms with Crippen molar-refractivity contribution in [1.82, 2.24) is 10.3 Å². The number of aryl methyl sites for hydroxylation is 1. The first-order valence-electron chi connectivity index (χ1n) is 5.53. The van der Waals surface area contributed by atoms with Crippen molar-refractivity contribution in [3.8, 4) is 0 Å². The first-order chi connectivity index (χ1) is 8.20.